The van der Waals surface area contributed by atoms with Crippen molar-refractivity contribution in [2.75, 3.05) is 13.2 Å². The highest BCUT2D eigenvalue weighted by Gasteiger charge is 2.15. The van der Waals surface area contributed by atoms with Crippen LogP contribution in [-0.2, 0) is 9.53 Å². The summed E-state index contributed by atoms with van der Waals surface area (Å²) in [5, 5.41) is 14.0. The van der Waals surface area contributed by atoms with Crippen LogP contribution in [0.3, 0.4) is 0 Å². The Balaban J connectivity index is 4.27. The van der Waals surface area contributed by atoms with Crippen LogP contribution < -0.4 is 0 Å². The average Bonchev–Trinajstić information content (AvgIpc) is 2.14. The zero-order chi connectivity index (χ0) is 10.1. The van der Waals surface area contributed by atoms with E-state index >= 15 is 0 Å². The molecule has 9 heteroatoms. The third kappa shape index (κ3) is 4.49. The molecule has 13 heavy (non-hydrogen) atoms. The molecule has 0 heterocycles. The number of ether oxygens (including phenoxy) is 1. The lowest BCUT2D eigenvalue weighted by Gasteiger charge is -2.03. The lowest BCUT2D eigenvalue weighted by atomic mass is 10.5. The number of nitrogens with zero attached hydrogens (tertiary/aromatic N) is 6. The Morgan fingerprint density at radius 1 is 1.46 bits per heavy atom. The van der Waals surface area contributed by atoms with E-state index in [9.17, 15) is 4.79 Å². The van der Waals surface area contributed by atoms with Gasteiger partial charge in [0.05, 0.1) is 6.61 Å². The molecule has 0 amide bonds. The van der Waals surface area contributed by atoms with E-state index in [1.165, 1.54) is 0 Å². The van der Waals surface area contributed by atoms with Crippen molar-refractivity contribution < 1.29 is 14.6 Å². The van der Waals surface area contributed by atoms with Crippen molar-refractivity contribution in [3.05, 3.63) is 20.9 Å². The second kappa shape index (κ2) is 6.74. The number of carbonyl (C=O) groups is 1. The van der Waals surface area contributed by atoms with E-state index < -0.39 is 12.1 Å². The molecule has 0 unspecified atom stereocenters. The SMILES string of the molecule is [N-]=[N+]=NC(N=[N+]=[N-])C(=O)OCCO. The topological polar surface area (TPSA) is 144 Å². The van der Waals surface area contributed by atoms with Gasteiger partial charge in [-0.05, 0) is 11.1 Å². The first kappa shape index (κ1) is 11.1. The number of carbonyl (C=O) groups excluding carboxylic acids is 1. The van der Waals surface area contributed by atoms with Crippen molar-refractivity contribution in [3.63, 3.8) is 0 Å². The molecule has 0 bridgehead atoms. The fraction of sp³-hybridized carbons (Fsp3) is 0.750. The summed E-state index contributed by atoms with van der Waals surface area (Å²) in [5.74, 6) is -0.996. The minimum atomic E-state index is -1.55. The Bertz CT molecular complexity index is 247. The summed E-state index contributed by atoms with van der Waals surface area (Å²) in [6.07, 6.45) is -1.55. The molecule has 0 aromatic rings. The van der Waals surface area contributed by atoms with E-state index in [4.69, 9.17) is 16.2 Å². The van der Waals surface area contributed by atoms with Crippen LogP contribution in [0.4, 0.5) is 0 Å². The van der Waals surface area contributed by atoms with Gasteiger partial charge in [0.1, 0.15) is 6.61 Å². The van der Waals surface area contributed by atoms with Crippen molar-refractivity contribution in [1.29, 1.82) is 0 Å². The highest BCUT2D eigenvalue weighted by atomic mass is 16.5. The summed E-state index contributed by atoms with van der Waals surface area (Å²) in [6, 6.07) is 0. The molecule has 0 saturated heterocycles. The predicted octanol–water partition coefficient (Wildman–Crippen LogP) is 0.469. The summed E-state index contributed by atoms with van der Waals surface area (Å²) in [5.41, 5.74) is 15.9. The molecule has 1 N–H and O–H groups in total. The minimum Gasteiger partial charge on any atom is -0.463 e. The van der Waals surface area contributed by atoms with Crippen LogP contribution in [0.15, 0.2) is 10.2 Å². The molecular formula is C4H6N6O3. The predicted molar refractivity (Wildman–Crippen MR) is 40.1 cm³/mol. The zero-order valence-corrected chi connectivity index (χ0v) is 6.44. The van der Waals surface area contributed by atoms with Crippen molar-refractivity contribution in [2.45, 2.75) is 6.17 Å². The van der Waals surface area contributed by atoms with E-state index in [-0.39, 0.29) is 13.2 Å². The number of hydrogen-bond acceptors (Lipinski definition) is 5. The summed E-state index contributed by atoms with van der Waals surface area (Å²) in [4.78, 5) is 15.4. The lowest BCUT2D eigenvalue weighted by Crippen LogP contribution is -2.19. The maximum Gasteiger partial charge on any atom is 0.321 e. The van der Waals surface area contributed by atoms with Gasteiger partial charge in [-0.15, -0.1) is 0 Å². The molecule has 0 saturated carbocycles. The van der Waals surface area contributed by atoms with Gasteiger partial charge < -0.3 is 9.84 Å². The van der Waals surface area contributed by atoms with Crippen LogP contribution in [0.25, 0.3) is 20.9 Å². The quantitative estimate of drug-likeness (QED) is 0.288. The van der Waals surface area contributed by atoms with Gasteiger partial charge in [0.25, 0.3) is 0 Å². The molecule has 0 fully saturated rings. The van der Waals surface area contributed by atoms with Gasteiger partial charge in [-0.3, -0.25) is 4.79 Å². The summed E-state index contributed by atoms with van der Waals surface area (Å²) in [6.45, 7) is -0.595. The van der Waals surface area contributed by atoms with E-state index in [2.05, 4.69) is 24.8 Å². The maximum atomic E-state index is 10.8. The number of aliphatic hydroxyl groups is 1. The van der Waals surface area contributed by atoms with Crippen molar-refractivity contribution in [1.82, 2.24) is 0 Å². The number of rotatable bonds is 5. The molecule has 0 aliphatic carbocycles. The van der Waals surface area contributed by atoms with Gasteiger partial charge in [-0.2, -0.15) is 0 Å². The highest BCUT2D eigenvalue weighted by Crippen LogP contribution is 1.97. The van der Waals surface area contributed by atoms with Gasteiger partial charge in [0.15, 0.2) is 0 Å². The Hall–Kier alpha value is -1.95. The molecule has 70 valence electrons. The minimum absolute atomic E-state index is 0.239. The van der Waals surface area contributed by atoms with E-state index in [1.807, 2.05) is 0 Å². The second-order valence-corrected chi connectivity index (χ2v) is 1.67. The third-order valence-electron chi connectivity index (χ3n) is 0.868. The van der Waals surface area contributed by atoms with E-state index in [0.29, 0.717) is 0 Å². The Morgan fingerprint density at radius 3 is 2.38 bits per heavy atom. The molecule has 0 aliphatic rings. The monoisotopic (exact) mass is 186 g/mol. The largest absolute Gasteiger partial charge is 0.463 e. The molecule has 0 aromatic carbocycles. The van der Waals surface area contributed by atoms with Gasteiger partial charge in [0.2, 0.25) is 6.17 Å². The van der Waals surface area contributed by atoms with Crippen LogP contribution in [0.2, 0.25) is 0 Å². The number of aliphatic hydroxyl groups excluding tert-OH is 1. The summed E-state index contributed by atoms with van der Waals surface area (Å²) in [7, 11) is 0. The van der Waals surface area contributed by atoms with Gasteiger partial charge in [-0.25, -0.2) is 0 Å². The first-order valence-electron chi connectivity index (χ1n) is 3.12. The van der Waals surface area contributed by atoms with E-state index in [1.54, 1.807) is 0 Å². The van der Waals surface area contributed by atoms with Crippen LogP contribution in [0.1, 0.15) is 0 Å². The average molecular weight is 186 g/mol. The second-order valence-electron chi connectivity index (χ2n) is 1.67. The lowest BCUT2D eigenvalue weighted by molar-refractivity contribution is -0.145. The molecule has 0 aliphatic heterocycles. The molecule has 0 atom stereocenters. The van der Waals surface area contributed by atoms with E-state index in [0.717, 1.165) is 0 Å². The molecular weight excluding hydrogens is 180 g/mol. The van der Waals surface area contributed by atoms with Crippen molar-refractivity contribution >= 4 is 5.97 Å². The zero-order valence-electron chi connectivity index (χ0n) is 6.44. The summed E-state index contributed by atoms with van der Waals surface area (Å²) < 4.78 is 4.34. The smallest absolute Gasteiger partial charge is 0.321 e. The Morgan fingerprint density at radius 2 is 2.00 bits per heavy atom. The standard InChI is InChI=1S/C4H6N6O3/c5-9-7-3(8-10-6)4(12)13-2-1-11/h3,11H,1-2H2. The Kier molecular flexibility index (Phi) is 5.73. The maximum absolute atomic E-state index is 10.8. The van der Waals surface area contributed by atoms with Gasteiger partial charge in [0, 0.05) is 9.82 Å². The Labute approximate surface area is 72.2 Å². The van der Waals surface area contributed by atoms with Crippen molar-refractivity contribution in [3.8, 4) is 0 Å². The molecule has 0 radical (unpaired) electrons. The normalized spacial score (nSPS) is 10.5. The number of esters is 1. The number of hydrogen-bond donors (Lipinski definition) is 1. The van der Waals surface area contributed by atoms with Crippen LogP contribution in [0.5, 0.6) is 0 Å². The fourth-order valence-electron chi connectivity index (χ4n) is 0.436. The molecule has 9 nitrogen and oxygen atoms in total. The fourth-order valence-corrected chi connectivity index (χ4v) is 0.436. The first-order chi connectivity index (χ1) is 6.26. The first-order valence-corrected chi connectivity index (χ1v) is 3.12. The molecule has 0 rings (SSSR count). The summed E-state index contributed by atoms with van der Waals surface area (Å²) >= 11 is 0. The van der Waals surface area contributed by atoms with Crippen LogP contribution in [-0.4, -0.2) is 30.5 Å². The van der Waals surface area contributed by atoms with Gasteiger partial charge in [-0.1, -0.05) is 10.2 Å². The van der Waals surface area contributed by atoms with Gasteiger partial charge >= 0.3 is 5.97 Å². The highest BCUT2D eigenvalue weighted by molar-refractivity contribution is 5.75. The van der Waals surface area contributed by atoms with Crippen LogP contribution in [0, 0.1) is 0 Å². The van der Waals surface area contributed by atoms with Crippen molar-refractivity contribution in [2.24, 2.45) is 10.2 Å². The number of azide groups is 1. The van der Waals surface area contributed by atoms with Crippen LogP contribution >= 0.6 is 0 Å². The molecule has 0 spiro atoms. The molecule has 0 aromatic heterocycles. The third-order valence-corrected chi connectivity index (χ3v) is 0.868.